The van der Waals surface area contributed by atoms with Gasteiger partial charge in [-0.1, -0.05) is 13.3 Å². The molecule has 1 heterocycles. The Kier molecular flexibility index (Phi) is 3.12. The summed E-state index contributed by atoms with van der Waals surface area (Å²) in [6, 6.07) is 2.16. The fourth-order valence-electron chi connectivity index (χ4n) is 1.72. The Morgan fingerprint density at radius 3 is 2.38 bits per heavy atom. The van der Waals surface area contributed by atoms with E-state index in [2.05, 4.69) is 22.2 Å². The maximum absolute atomic E-state index is 5.08. The predicted octanol–water partition coefficient (Wildman–Crippen LogP) is 1.70. The maximum Gasteiger partial charge on any atom is 0.229 e. The molecule has 0 aliphatic heterocycles. The smallest absolute Gasteiger partial charge is 0.229 e. The molecule has 1 fully saturated rings. The molecule has 0 radical (unpaired) electrons. The molecule has 5 nitrogen and oxygen atoms in total. The largest absolute Gasteiger partial charge is 0.481 e. The molecule has 1 N–H and O–H groups in total. The molecule has 88 valence electrons. The molecular formula is C11H17N3O2. The van der Waals surface area contributed by atoms with Crippen molar-refractivity contribution in [3.63, 3.8) is 0 Å². The highest BCUT2D eigenvalue weighted by Crippen LogP contribution is 2.35. The van der Waals surface area contributed by atoms with Crippen LogP contribution in [0.1, 0.15) is 19.8 Å². The van der Waals surface area contributed by atoms with Crippen LogP contribution in [-0.4, -0.2) is 30.2 Å². The average molecular weight is 223 g/mol. The number of hydrogen-bond acceptors (Lipinski definition) is 5. The van der Waals surface area contributed by atoms with Crippen LogP contribution in [0.15, 0.2) is 6.07 Å². The summed E-state index contributed by atoms with van der Waals surface area (Å²) in [6.45, 7) is 2.19. The van der Waals surface area contributed by atoms with Crippen molar-refractivity contribution in [1.29, 1.82) is 0 Å². The molecule has 0 amide bonds. The SMILES string of the molecule is CCC1CC1Nc1nc(OC)cc(OC)n1. The van der Waals surface area contributed by atoms with Crippen LogP contribution in [0, 0.1) is 5.92 Å². The zero-order chi connectivity index (χ0) is 11.5. The molecular weight excluding hydrogens is 206 g/mol. The van der Waals surface area contributed by atoms with Crippen molar-refractivity contribution in [3.8, 4) is 11.8 Å². The van der Waals surface area contributed by atoms with Crippen molar-refractivity contribution in [2.24, 2.45) is 5.92 Å². The second kappa shape index (κ2) is 4.55. The third kappa shape index (κ3) is 2.35. The number of methoxy groups -OCH3 is 2. The van der Waals surface area contributed by atoms with Crippen LogP contribution in [-0.2, 0) is 0 Å². The number of nitrogens with one attached hydrogen (secondary N) is 1. The van der Waals surface area contributed by atoms with Crippen molar-refractivity contribution >= 4 is 5.95 Å². The minimum absolute atomic E-state index is 0.502. The van der Waals surface area contributed by atoms with Gasteiger partial charge >= 0.3 is 0 Å². The standard InChI is InChI=1S/C11H17N3O2/c1-4-7-5-8(7)12-11-13-9(15-2)6-10(14-11)16-3/h6-8H,4-5H2,1-3H3,(H,12,13,14). The van der Waals surface area contributed by atoms with E-state index in [1.807, 2.05) is 0 Å². The molecule has 5 heteroatoms. The minimum Gasteiger partial charge on any atom is -0.481 e. The van der Waals surface area contributed by atoms with Gasteiger partial charge in [-0.2, -0.15) is 9.97 Å². The van der Waals surface area contributed by atoms with E-state index in [9.17, 15) is 0 Å². The van der Waals surface area contributed by atoms with Gasteiger partial charge in [-0.05, 0) is 12.3 Å². The van der Waals surface area contributed by atoms with Gasteiger partial charge in [0, 0.05) is 6.04 Å². The quantitative estimate of drug-likeness (QED) is 0.823. The van der Waals surface area contributed by atoms with E-state index < -0.39 is 0 Å². The Balaban J connectivity index is 2.08. The average Bonchev–Trinajstić information content (AvgIpc) is 3.06. The lowest BCUT2D eigenvalue weighted by Gasteiger charge is -2.07. The monoisotopic (exact) mass is 223 g/mol. The number of hydrogen-bond donors (Lipinski definition) is 1. The van der Waals surface area contributed by atoms with Gasteiger partial charge in [0.1, 0.15) is 0 Å². The molecule has 1 aliphatic carbocycles. The summed E-state index contributed by atoms with van der Waals surface area (Å²) in [6.07, 6.45) is 2.39. The second-order valence-corrected chi connectivity index (χ2v) is 3.93. The molecule has 0 bridgehead atoms. The van der Waals surface area contributed by atoms with Crippen LogP contribution < -0.4 is 14.8 Å². The molecule has 16 heavy (non-hydrogen) atoms. The topological polar surface area (TPSA) is 56.3 Å². The first kappa shape index (κ1) is 11.0. The molecule has 2 rings (SSSR count). The zero-order valence-corrected chi connectivity index (χ0v) is 9.86. The number of nitrogens with zero attached hydrogens (tertiary/aromatic N) is 2. The zero-order valence-electron chi connectivity index (χ0n) is 9.86. The summed E-state index contributed by atoms with van der Waals surface area (Å²) in [7, 11) is 3.16. The van der Waals surface area contributed by atoms with Crippen LogP contribution >= 0.6 is 0 Å². The van der Waals surface area contributed by atoms with Gasteiger partial charge in [0.2, 0.25) is 17.7 Å². The predicted molar refractivity (Wildman–Crippen MR) is 60.9 cm³/mol. The molecule has 1 aromatic rings. The Morgan fingerprint density at radius 1 is 1.31 bits per heavy atom. The summed E-state index contributed by atoms with van der Waals surface area (Å²) in [5, 5.41) is 3.28. The highest BCUT2D eigenvalue weighted by atomic mass is 16.5. The molecule has 1 aliphatic rings. The van der Waals surface area contributed by atoms with Crippen molar-refractivity contribution in [3.05, 3.63) is 6.07 Å². The van der Waals surface area contributed by atoms with E-state index in [1.165, 1.54) is 12.8 Å². The first-order valence-electron chi connectivity index (χ1n) is 5.50. The van der Waals surface area contributed by atoms with E-state index in [-0.39, 0.29) is 0 Å². The van der Waals surface area contributed by atoms with Gasteiger partial charge in [-0.25, -0.2) is 0 Å². The van der Waals surface area contributed by atoms with Gasteiger partial charge in [0.05, 0.1) is 20.3 Å². The Hall–Kier alpha value is -1.52. The first-order chi connectivity index (χ1) is 7.76. The fraction of sp³-hybridized carbons (Fsp3) is 0.636. The molecule has 1 saturated carbocycles. The van der Waals surface area contributed by atoms with Crippen LogP contribution in [0.4, 0.5) is 5.95 Å². The summed E-state index contributed by atoms with van der Waals surface area (Å²) >= 11 is 0. The molecule has 2 unspecified atom stereocenters. The van der Waals surface area contributed by atoms with E-state index in [0.717, 1.165) is 5.92 Å². The second-order valence-electron chi connectivity index (χ2n) is 3.93. The van der Waals surface area contributed by atoms with Gasteiger partial charge in [-0.3, -0.25) is 0 Å². The van der Waals surface area contributed by atoms with E-state index in [1.54, 1.807) is 20.3 Å². The number of rotatable bonds is 5. The van der Waals surface area contributed by atoms with Crippen molar-refractivity contribution in [2.75, 3.05) is 19.5 Å². The van der Waals surface area contributed by atoms with Crippen LogP contribution in [0.3, 0.4) is 0 Å². The lowest BCUT2D eigenvalue weighted by molar-refractivity contribution is 0.372. The van der Waals surface area contributed by atoms with E-state index >= 15 is 0 Å². The highest BCUT2D eigenvalue weighted by molar-refractivity contribution is 5.36. The molecule has 2 atom stereocenters. The highest BCUT2D eigenvalue weighted by Gasteiger charge is 2.35. The Morgan fingerprint density at radius 2 is 1.94 bits per heavy atom. The van der Waals surface area contributed by atoms with E-state index in [4.69, 9.17) is 9.47 Å². The Bertz CT molecular complexity index is 348. The normalized spacial score (nSPS) is 22.7. The lowest BCUT2D eigenvalue weighted by Crippen LogP contribution is -2.09. The number of aromatic nitrogens is 2. The van der Waals surface area contributed by atoms with Crippen LogP contribution in [0.5, 0.6) is 11.8 Å². The van der Waals surface area contributed by atoms with Crippen molar-refractivity contribution in [1.82, 2.24) is 9.97 Å². The number of ether oxygens (including phenoxy) is 2. The van der Waals surface area contributed by atoms with Gasteiger partial charge in [-0.15, -0.1) is 0 Å². The third-order valence-corrected chi connectivity index (χ3v) is 2.86. The molecule has 0 aromatic carbocycles. The lowest BCUT2D eigenvalue weighted by atomic mass is 10.3. The summed E-state index contributed by atoms with van der Waals surface area (Å²) in [5.41, 5.74) is 0. The van der Waals surface area contributed by atoms with Crippen molar-refractivity contribution in [2.45, 2.75) is 25.8 Å². The Labute approximate surface area is 95.2 Å². The van der Waals surface area contributed by atoms with Crippen molar-refractivity contribution < 1.29 is 9.47 Å². The van der Waals surface area contributed by atoms with Crippen LogP contribution in [0.2, 0.25) is 0 Å². The number of anilines is 1. The first-order valence-corrected chi connectivity index (χ1v) is 5.50. The maximum atomic E-state index is 5.08. The fourth-order valence-corrected chi connectivity index (χ4v) is 1.72. The molecule has 0 saturated heterocycles. The van der Waals surface area contributed by atoms with Gasteiger partial charge in [0.25, 0.3) is 0 Å². The third-order valence-electron chi connectivity index (χ3n) is 2.86. The van der Waals surface area contributed by atoms with Gasteiger partial charge in [0.15, 0.2) is 0 Å². The van der Waals surface area contributed by atoms with Gasteiger partial charge < -0.3 is 14.8 Å². The summed E-state index contributed by atoms with van der Waals surface area (Å²) in [4.78, 5) is 8.45. The summed E-state index contributed by atoms with van der Waals surface area (Å²) in [5.74, 6) is 2.36. The molecule has 1 aromatic heterocycles. The summed E-state index contributed by atoms with van der Waals surface area (Å²) < 4.78 is 10.2. The molecule has 0 spiro atoms. The van der Waals surface area contributed by atoms with E-state index in [0.29, 0.717) is 23.8 Å². The minimum atomic E-state index is 0.502. The van der Waals surface area contributed by atoms with Crippen LogP contribution in [0.25, 0.3) is 0 Å².